The van der Waals surface area contributed by atoms with Crippen molar-refractivity contribution in [3.05, 3.63) is 6.92 Å². The van der Waals surface area contributed by atoms with Crippen LogP contribution in [0.25, 0.3) is 0 Å². The van der Waals surface area contributed by atoms with Crippen molar-refractivity contribution in [1.29, 1.82) is 0 Å². The van der Waals surface area contributed by atoms with Crippen LogP contribution in [0.3, 0.4) is 0 Å². The van der Waals surface area contributed by atoms with Gasteiger partial charge in [-0.1, -0.05) is 6.55 Å². The van der Waals surface area contributed by atoms with Crippen molar-refractivity contribution in [1.82, 2.24) is 4.57 Å². The van der Waals surface area contributed by atoms with Crippen LogP contribution in [0.1, 0.15) is 0 Å². The first-order valence-corrected chi connectivity index (χ1v) is 4.33. The summed E-state index contributed by atoms with van der Waals surface area (Å²) in [7, 11) is 2.22. The Labute approximate surface area is 42.2 Å². The highest BCUT2D eigenvalue weighted by atomic mass is 28.2. The van der Waals surface area contributed by atoms with E-state index in [2.05, 4.69) is 25.1 Å². The summed E-state index contributed by atoms with van der Waals surface area (Å²) in [5.41, 5.74) is 0. The third kappa shape index (κ3) is 2.42. The standard InChI is InChI=1S/C4H12NSi/c1-4-5(2)6-3/h1,4,6H2,2-3H3. The van der Waals surface area contributed by atoms with Gasteiger partial charge in [-0.25, -0.2) is 0 Å². The molecule has 2 heteroatoms. The Morgan fingerprint density at radius 1 is 1.83 bits per heavy atom. The van der Waals surface area contributed by atoms with Gasteiger partial charge in [0.1, 0.15) is 0 Å². The highest BCUT2D eigenvalue weighted by molar-refractivity contribution is 6.29. The molecule has 0 N–H and O–H groups in total. The first-order valence-electron chi connectivity index (χ1n) is 2.29. The van der Waals surface area contributed by atoms with Gasteiger partial charge >= 0.3 is 0 Å². The molecule has 0 bridgehead atoms. The lowest BCUT2D eigenvalue weighted by Crippen LogP contribution is -2.19. The predicted octanol–water partition coefficient (Wildman–Crippen LogP) is -0.116. The molecule has 6 heavy (non-hydrogen) atoms. The van der Waals surface area contributed by atoms with Crippen LogP contribution in [0, 0.1) is 6.92 Å². The van der Waals surface area contributed by atoms with Gasteiger partial charge in [-0.3, -0.25) is 0 Å². The summed E-state index contributed by atoms with van der Waals surface area (Å²) >= 11 is 0. The van der Waals surface area contributed by atoms with Crippen molar-refractivity contribution in [2.45, 2.75) is 6.55 Å². The molecule has 0 aliphatic carbocycles. The zero-order chi connectivity index (χ0) is 4.99. The summed E-state index contributed by atoms with van der Waals surface area (Å²) < 4.78 is 2.28. The van der Waals surface area contributed by atoms with Gasteiger partial charge in [-0.05, 0) is 20.5 Å². The van der Waals surface area contributed by atoms with Crippen LogP contribution in [-0.2, 0) is 0 Å². The monoisotopic (exact) mass is 102 g/mol. The Morgan fingerprint density at radius 3 is 2.33 bits per heavy atom. The zero-order valence-electron chi connectivity index (χ0n) is 4.57. The molecule has 0 heterocycles. The van der Waals surface area contributed by atoms with Gasteiger partial charge < -0.3 is 4.57 Å². The maximum absolute atomic E-state index is 3.72. The molecule has 37 valence electrons. The van der Waals surface area contributed by atoms with Crippen molar-refractivity contribution < 1.29 is 0 Å². The zero-order valence-corrected chi connectivity index (χ0v) is 5.98. The van der Waals surface area contributed by atoms with Crippen molar-refractivity contribution >= 4 is 9.68 Å². The predicted molar refractivity (Wildman–Crippen MR) is 32.4 cm³/mol. The lowest BCUT2D eigenvalue weighted by atomic mass is 10.8. The van der Waals surface area contributed by atoms with E-state index >= 15 is 0 Å². The van der Waals surface area contributed by atoms with Gasteiger partial charge in [0.25, 0.3) is 0 Å². The van der Waals surface area contributed by atoms with Gasteiger partial charge in [0, 0.05) is 0 Å². The van der Waals surface area contributed by atoms with E-state index in [9.17, 15) is 0 Å². The van der Waals surface area contributed by atoms with Crippen molar-refractivity contribution in [2.75, 3.05) is 13.6 Å². The van der Waals surface area contributed by atoms with Gasteiger partial charge in [0.2, 0.25) is 0 Å². The Kier molecular flexibility index (Phi) is 3.47. The van der Waals surface area contributed by atoms with Crippen LogP contribution in [0.5, 0.6) is 0 Å². The minimum absolute atomic E-state index is 0.109. The van der Waals surface area contributed by atoms with Gasteiger partial charge in [-0.15, -0.1) is 0 Å². The molecule has 0 aliphatic rings. The number of hydrogen-bond acceptors (Lipinski definition) is 1. The molecule has 0 spiro atoms. The van der Waals surface area contributed by atoms with Crippen LogP contribution in [0.4, 0.5) is 0 Å². The van der Waals surface area contributed by atoms with Crippen LogP contribution in [0.15, 0.2) is 0 Å². The van der Waals surface area contributed by atoms with Gasteiger partial charge in [-0.2, -0.15) is 0 Å². The second-order valence-corrected chi connectivity index (χ2v) is 3.11. The average molecular weight is 102 g/mol. The van der Waals surface area contributed by atoms with E-state index in [0.29, 0.717) is 0 Å². The van der Waals surface area contributed by atoms with E-state index in [1.165, 1.54) is 0 Å². The molecule has 0 rings (SSSR count). The number of rotatable bonds is 2. The molecule has 0 saturated heterocycles. The van der Waals surface area contributed by atoms with E-state index < -0.39 is 0 Å². The molecular weight excluding hydrogens is 90.1 g/mol. The molecule has 0 saturated carbocycles. The minimum atomic E-state index is 0.109. The van der Waals surface area contributed by atoms with E-state index in [-0.39, 0.29) is 9.68 Å². The topological polar surface area (TPSA) is 3.24 Å². The molecule has 0 atom stereocenters. The minimum Gasteiger partial charge on any atom is -0.332 e. The first-order chi connectivity index (χ1) is 2.81. The van der Waals surface area contributed by atoms with Crippen LogP contribution in [0.2, 0.25) is 6.55 Å². The summed E-state index contributed by atoms with van der Waals surface area (Å²) in [5, 5.41) is 0. The van der Waals surface area contributed by atoms with Crippen molar-refractivity contribution in [3.63, 3.8) is 0 Å². The molecule has 1 nitrogen and oxygen atoms in total. The average Bonchev–Trinajstić information content (AvgIpc) is 1.65. The molecule has 0 unspecified atom stereocenters. The molecule has 1 radical (unpaired) electrons. The third-order valence-electron chi connectivity index (χ3n) is 0.922. The summed E-state index contributed by atoms with van der Waals surface area (Å²) in [6, 6.07) is 0. The normalized spacial score (nSPS) is 12.0. The third-order valence-corrected chi connectivity index (χ3v) is 2.32. The van der Waals surface area contributed by atoms with E-state index in [0.717, 1.165) is 6.54 Å². The number of nitrogens with zero attached hydrogens (tertiary/aromatic N) is 1. The largest absolute Gasteiger partial charge is 0.332 e. The highest BCUT2D eigenvalue weighted by Crippen LogP contribution is 1.70. The Balaban J connectivity index is 2.75. The molecule has 0 fully saturated rings. The van der Waals surface area contributed by atoms with E-state index in [1.807, 2.05) is 0 Å². The summed E-state index contributed by atoms with van der Waals surface area (Å²) in [4.78, 5) is 0. The fourth-order valence-corrected chi connectivity index (χ4v) is 0.474. The quantitative estimate of drug-likeness (QED) is 0.440. The van der Waals surface area contributed by atoms with Gasteiger partial charge in [0.15, 0.2) is 0 Å². The summed E-state index contributed by atoms with van der Waals surface area (Å²) in [6.07, 6.45) is 0. The SMILES string of the molecule is [CH2]CN(C)[SiH2]C. The van der Waals surface area contributed by atoms with Crippen LogP contribution >= 0.6 is 0 Å². The van der Waals surface area contributed by atoms with E-state index in [1.54, 1.807) is 0 Å². The summed E-state index contributed by atoms with van der Waals surface area (Å²) in [6.45, 7) is 6.95. The lowest BCUT2D eigenvalue weighted by molar-refractivity contribution is 0.599. The second-order valence-electron chi connectivity index (χ2n) is 1.40. The Morgan fingerprint density at radius 2 is 2.33 bits per heavy atom. The van der Waals surface area contributed by atoms with Crippen LogP contribution in [-0.4, -0.2) is 27.8 Å². The van der Waals surface area contributed by atoms with Crippen LogP contribution < -0.4 is 0 Å². The smallest absolute Gasteiger partial charge is 0.0916 e. The fraction of sp³-hybridized carbons (Fsp3) is 0.750. The molecule has 0 aliphatic heterocycles. The highest BCUT2D eigenvalue weighted by Gasteiger charge is 1.82. The Hall–Kier alpha value is 0.177. The van der Waals surface area contributed by atoms with Crippen molar-refractivity contribution in [2.24, 2.45) is 0 Å². The molecular formula is C4H12NSi. The molecule has 0 aromatic heterocycles. The molecule has 0 aromatic rings. The van der Waals surface area contributed by atoms with Gasteiger partial charge in [0.05, 0.1) is 9.68 Å². The van der Waals surface area contributed by atoms with E-state index in [4.69, 9.17) is 0 Å². The summed E-state index contributed by atoms with van der Waals surface area (Å²) in [5.74, 6) is 0. The molecule has 0 amide bonds. The van der Waals surface area contributed by atoms with Crippen molar-refractivity contribution in [3.8, 4) is 0 Å². The fourth-order valence-electron chi connectivity index (χ4n) is 0.158. The first kappa shape index (κ1) is 6.18. The lowest BCUT2D eigenvalue weighted by Gasteiger charge is -2.06. The number of hydrogen-bond donors (Lipinski definition) is 0. The maximum atomic E-state index is 3.72. The Bertz CT molecular complexity index is 26.7. The second kappa shape index (κ2) is 3.37. The molecule has 0 aromatic carbocycles. The maximum Gasteiger partial charge on any atom is 0.0916 e.